The van der Waals surface area contributed by atoms with Crippen LogP contribution in [-0.4, -0.2) is 23.8 Å². The van der Waals surface area contributed by atoms with Gasteiger partial charge in [-0.05, 0) is 43.2 Å². The Labute approximate surface area is 128 Å². The second kappa shape index (κ2) is 7.09. The van der Waals surface area contributed by atoms with Crippen LogP contribution in [0.1, 0.15) is 13.8 Å². The van der Waals surface area contributed by atoms with Crippen molar-refractivity contribution in [2.24, 2.45) is 5.92 Å². The van der Waals surface area contributed by atoms with Gasteiger partial charge in [0, 0.05) is 18.2 Å². The van der Waals surface area contributed by atoms with E-state index in [1.165, 1.54) is 18.4 Å². The molecule has 2 amide bonds. The fourth-order valence-corrected chi connectivity index (χ4v) is 1.88. The first-order chi connectivity index (χ1) is 10.5. The van der Waals surface area contributed by atoms with Gasteiger partial charge in [0.15, 0.2) is 0 Å². The molecule has 1 heterocycles. The van der Waals surface area contributed by atoms with E-state index >= 15 is 0 Å². The Hall–Kier alpha value is -2.34. The van der Waals surface area contributed by atoms with Gasteiger partial charge >= 0.3 is 6.03 Å². The zero-order chi connectivity index (χ0) is 16.1. The zero-order valence-corrected chi connectivity index (χ0v) is 12.5. The highest BCUT2D eigenvalue weighted by atomic mass is 19.1. The first-order valence-electron chi connectivity index (χ1n) is 7.03. The number of aliphatic hydroxyl groups is 1. The number of urea groups is 1. The number of aliphatic hydroxyl groups excluding tert-OH is 1. The average molecular weight is 306 g/mol. The zero-order valence-electron chi connectivity index (χ0n) is 12.5. The van der Waals surface area contributed by atoms with Crippen molar-refractivity contribution in [1.29, 1.82) is 0 Å². The van der Waals surface area contributed by atoms with Crippen molar-refractivity contribution < 1.29 is 18.7 Å². The molecule has 0 unspecified atom stereocenters. The molecule has 2 atom stereocenters. The van der Waals surface area contributed by atoms with Gasteiger partial charge in [0.1, 0.15) is 11.6 Å². The molecule has 1 aromatic heterocycles. The molecule has 0 aliphatic heterocycles. The van der Waals surface area contributed by atoms with Crippen molar-refractivity contribution in [3.8, 4) is 11.3 Å². The van der Waals surface area contributed by atoms with E-state index in [0.29, 0.717) is 11.3 Å². The molecular weight excluding hydrogens is 287 g/mol. The number of hydrogen-bond donors (Lipinski definition) is 3. The van der Waals surface area contributed by atoms with Crippen LogP contribution in [0.5, 0.6) is 0 Å². The summed E-state index contributed by atoms with van der Waals surface area (Å²) in [6.07, 6.45) is 1.52. The summed E-state index contributed by atoms with van der Waals surface area (Å²) < 4.78 is 19.1. The largest absolute Gasteiger partial charge is 0.464 e. The fraction of sp³-hybridized carbons (Fsp3) is 0.312. The van der Waals surface area contributed by atoms with Gasteiger partial charge in [-0.3, -0.25) is 0 Å². The second-order valence-electron chi connectivity index (χ2n) is 5.22. The highest BCUT2D eigenvalue weighted by molar-refractivity contribution is 5.90. The minimum atomic E-state index is -0.534. The van der Waals surface area contributed by atoms with Crippen molar-refractivity contribution >= 4 is 11.7 Å². The van der Waals surface area contributed by atoms with Crippen molar-refractivity contribution in [2.45, 2.75) is 19.9 Å². The van der Waals surface area contributed by atoms with Gasteiger partial charge in [-0.15, -0.1) is 0 Å². The lowest BCUT2D eigenvalue weighted by Crippen LogP contribution is -2.40. The van der Waals surface area contributed by atoms with E-state index in [4.69, 9.17) is 9.52 Å². The van der Waals surface area contributed by atoms with Crippen LogP contribution in [0.25, 0.3) is 11.3 Å². The van der Waals surface area contributed by atoms with E-state index in [1.807, 2.05) is 6.92 Å². The quantitative estimate of drug-likeness (QED) is 0.794. The fourth-order valence-electron chi connectivity index (χ4n) is 1.88. The molecule has 5 nitrogen and oxygen atoms in total. The summed E-state index contributed by atoms with van der Waals surface area (Å²) >= 11 is 0. The first kappa shape index (κ1) is 16.0. The molecule has 1 aromatic carbocycles. The molecule has 0 bridgehead atoms. The molecule has 0 fully saturated rings. The third-order valence-electron chi connectivity index (χ3n) is 3.52. The summed E-state index contributed by atoms with van der Waals surface area (Å²) in [5.41, 5.74) is 0.730. The normalized spacial score (nSPS) is 13.5. The van der Waals surface area contributed by atoms with Crippen molar-refractivity contribution in [3.63, 3.8) is 0 Å². The monoisotopic (exact) mass is 306 g/mol. The predicted molar refractivity (Wildman–Crippen MR) is 82.0 cm³/mol. The van der Waals surface area contributed by atoms with Gasteiger partial charge < -0.3 is 20.2 Å². The Kier molecular flexibility index (Phi) is 5.16. The molecule has 3 N–H and O–H groups in total. The SMILES string of the molecule is C[C@H](CO)[C@H](C)NC(=O)Nc1cc(-c2ccco2)ccc1F. The van der Waals surface area contributed by atoms with E-state index in [9.17, 15) is 9.18 Å². The molecule has 0 spiro atoms. The number of carbonyl (C=O) groups is 1. The van der Waals surface area contributed by atoms with Crippen molar-refractivity contribution in [2.75, 3.05) is 11.9 Å². The Balaban J connectivity index is 2.09. The number of rotatable bonds is 5. The number of amides is 2. The summed E-state index contributed by atoms with van der Waals surface area (Å²) in [7, 11) is 0. The van der Waals surface area contributed by atoms with E-state index in [-0.39, 0.29) is 24.3 Å². The number of halogens is 1. The molecule has 0 saturated heterocycles. The lowest BCUT2D eigenvalue weighted by atomic mass is 10.1. The maximum Gasteiger partial charge on any atom is 0.319 e. The van der Waals surface area contributed by atoms with Crippen LogP contribution < -0.4 is 10.6 Å². The summed E-state index contributed by atoms with van der Waals surface area (Å²) in [6.45, 7) is 3.54. The van der Waals surface area contributed by atoms with Gasteiger partial charge in [-0.2, -0.15) is 0 Å². The summed E-state index contributed by atoms with van der Waals surface area (Å²) in [6, 6.07) is 7.08. The standard InChI is InChI=1S/C16H19FN2O3/c1-10(9-20)11(2)18-16(21)19-14-8-12(5-6-13(14)17)15-4-3-7-22-15/h3-8,10-11,20H,9H2,1-2H3,(H2,18,19,21)/t10-,11+/m1/s1. The number of furan rings is 1. The number of anilines is 1. The Morgan fingerprint density at radius 2 is 2.14 bits per heavy atom. The molecule has 22 heavy (non-hydrogen) atoms. The Morgan fingerprint density at radius 3 is 2.77 bits per heavy atom. The van der Waals surface area contributed by atoms with Gasteiger partial charge in [-0.25, -0.2) is 9.18 Å². The van der Waals surface area contributed by atoms with Gasteiger partial charge in [0.05, 0.1) is 12.0 Å². The second-order valence-corrected chi connectivity index (χ2v) is 5.22. The molecule has 0 radical (unpaired) electrons. The Morgan fingerprint density at radius 1 is 1.36 bits per heavy atom. The molecule has 118 valence electrons. The number of carbonyl (C=O) groups excluding carboxylic acids is 1. The minimum Gasteiger partial charge on any atom is -0.464 e. The first-order valence-corrected chi connectivity index (χ1v) is 7.03. The molecule has 0 aliphatic carbocycles. The summed E-state index contributed by atoms with van der Waals surface area (Å²) in [4.78, 5) is 11.9. The summed E-state index contributed by atoms with van der Waals surface area (Å²) in [5.74, 6) is -0.0379. The van der Waals surface area contributed by atoms with Crippen LogP contribution >= 0.6 is 0 Å². The number of nitrogens with one attached hydrogen (secondary N) is 2. The minimum absolute atomic E-state index is 0.0379. The van der Waals surface area contributed by atoms with Crippen molar-refractivity contribution in [1.82, 2.24) is 5.32 Å². The topological polar surface area (TPSA) is 74.5 Å². The van der Waals surface area contributed by atoms with E-state index in [2.05, 4.69) is 10.6 Å². The Bertz CT molecular complexity index is 628. The van der Waals surface area contributed by atoms with Crippen LogP contribution in [-0.2, 0) is 0 Å². The predicted octanol–water partition coefficient (Wildman–Crippen LogP) is 3.22. The molecule has 6 heteroatoms. The maximum atomic E-state index is 13.8. The van der Waals surface area contributed by atoms with Crippen LogP contribution in [0.4, 0.5) is 14.9 Å². The molecule has 0 aliphatic rings. The molecule has 2 rings (SSSR count). The van der Waals surface area contributed by atoms with Gasteiger partial charge in [0.2, 0.25) is 0 Å². The van der Waals surface area contributed by atoms with Crippen LogP contribution in [0.2, 0.25) is 0 Å². The molecular formula is C16H19FN2O3. The van der Waals surface area contributed by atoms with Crippen LogP contribution in [0.3, 0.4) is 0 Å². The smallest absolute Gasteiger partial charge is 0.319 e. The van der Waals surface area contributed by atoms with Crippen molar-refractivity contribution in [3.05, 3.63) is 42.4 Å². The lowest BCUT2D eigenvalue weighted by Gasteiger charge is -2.19. The third-order valence-corrected chi connectivity index (χ3v) is 3.52. The van der Waals surface area contributed by atoms with E-state index in [0.717, 1.165) is 0 Å². The van der Waals surface area contributed by atoms with Gasteiger partial charge in [0.25, 0.3) is 0 Å². The highest BCUT2D eigenvalue weighted by Crippen LogP contribution is 2.25. The molecule has 0 saturated carbocycles. The lowest BCUT2D eigenvalue weighted by molar-refractivity contribution is 0.204. The molecule has 2 aromatic rings. The van der Waals surface area contributed by atoms with Crippen LogP contribution in [0, 0.1) is 11.7 Å². The van der Waals surface area contributed by atoms with E-state index in [1.54, 1.807) is 25.1 Å². The van der Waals surface area contributed by atoms with E-state index < -0.39 is 11.8 Å². The van der Waals surface area contributed by atoms with Crippen LogP contribution in [0.15, 0.2) is 41.0 Å². The van der Waals surface area contributed by atoms with Gasteiger partial charge in [-0.1, -0.05) is 6.92 Å². The summed E-state index contributed by atoms with van der Waals surface area (Å²) in [5, 5.41) is 14.2. The maximum absolute atomic E-state index is 13.8. The average Bonchev–Trinajstić information content (AvgIpc) is 3.02. The number of benzene rings is 1. The number of hydrogen-bond acceptors (Lipinski definition) is 3. The third kappa shape index (κ3) is 3.85. The highest BCUT2D eigenvalue weighted by Gasteiger charge is 2.15.